The third-order valence-electron chi connectivity index (χ3n) is 2.01. The monoisotopic (exact) mass is 182 g/mol. The molecule has 76 valence electrons. The molecule has 0 aromatic rings. The topological polar surface area (TPSA) is 9.23 Å². The molecule has 0 atom stereocenters. The van der Waals surface area contributed by atoms with E-state index < -0.39 is 0 Å². The highest BCUT2D eigenvalue weighted by Gasteiger charge is 1.91. The first-order valence-corrected chi connectivity index (χ1v) is 5.19. The van der Waals surface area contributed by atoms with Crippen LogP contribution < -0.4 is 0 Å². The van der Waals surface area contributed by atoms with Crippen molar-refractivity contribution in [2.75, 3.05) is 6.61 Å². The minimum absolute atomic E-state index is 0.756. The Bertz CT molecular complexity index is 178. The van der Waals surface area contributed by atoms with E-state index in [1.807, 2.05) is 13.8 Å². The molecule has 0 saturated heterocycles. The number of hydrogen-bond acceptors (Lipinski definition) is 1. The molecule has 0 bridgehead atoms. The Morgan fingerprint density at radius 3 is 2.46 bits per heavy atom. The second-order valence-corrected chi connectivity index (χ2v) is 3.22. The largest absolute Gasteiger partial charge is 0.498 e. The van der Waals surface area contributed by atoms with Crippen molar-refractivity contribution in [1.29, 1.82) is 0 Å². The number of unbranched alkanes of at least 4 members (excludes halogenated alkanes) is 2. The average Bonchev–Trinajstić information content (AvgIpc) is 2.12. The molecule has 0 N–H and O–H groups in total. The van der Waals surface area contributed by atoms with Crippen LogP contribution in [0.1, 0.15) is 47.0 Å². The molecule has 0 heterocycles. The van der Waals surface area contributed by atoms with Crippen molar-refractivity contribution in [3.05, 3.63) is 23.5 Å². The van der Waals surface area contributed by atoms with Gasteiger partial charge in [-0.2, -0.15) is 0 Å². The molecular weight excluding hydrogens is 160 g/mol. The van der Waals surface area contributed by atoms with Crippen LogP contribution >= 0.6 is 0 Å². The lowest BCUT2D eigenvalue weighted by molar-refractivity contribution is 0.228. The van der Waals surface area contributed by atoms with Gasteiger partial charge in [-0.25, -0.2) is 0 Å². The van der Waals surface area contributed by atoms with Crippen LogP contribution in [0, 0.1) is 0 Å². The molecule has 0 aliphatic carbocycles. The maximum Gasteiger partial charge on any atom is 0.0957 e. The van der Waals surface area contributed by atoms with Crippen molar-refractivity contribution in [2.24, 2.45) is 0 Å². The normalized spacial score (nSPS) is 13.2. The molecule has 0 rings (SSSR count). The third-order valence-corrected chi connectivity index (χ3v) is 2.01. The highest BCUT2D eigenvalue weighted by molar-refractivity contribution is 5.18. The fourth-order valence-corrected chi connectivity index (χ4v) is 1.03. The van der Waals surface area contributed by atoms with Crippen molar-refractivity contribution in [3.8, 4) is 0 Å². The Labute approximate surface area is 82.5 Å². The zero-order valence-electron chi connectivity index (χ0n) is 9.39. The molecule has 0 aromatic heterocycles. The van der Waals surface area contributed by atoms with E-state index in [1.165, 1.54) is 24.8 Å². The van der Waals surface area contributed by atoms with Gasteiger partial charge < -0.3 is 4.74 Å². The Balaban J connectivity index is 3.88. The highest BCUT2D eigenvalue weighted by Crippen LogP contribution is 2.07. The molecule has 1 nitrogen and oxygen atoms in total. The minimum atomic E-state index is 0.756. The van der Waals surface area contributed by atoms with Gasteiger partial charge in [0.25, 0.3) is 0 Å². The summed E-state index contributed by atoms with van der Waals surface area (Å²) in [6.45, 7) is 9.09. The Hall–Kier alpha value is -0.720. The molecule has 0 aliphatic rings. The van der Waals surface area contributed by atoms with Gasteiger partial charge in [-0.3, -0.25) is 0 Å². The van der Waals surface area contributed by atoms with Crippen LogP contribution in [0.3, 0.4) is 0 Å². The van der Waals surface area contributed by atoms with E-state index in [0.29, 0.717) is 0 Å². The van der Waals surface area contributed by atoms with Crippen LogP contribution in [0.15, 0.2) is 23.5 Å². The Kier molecular flexibility index (Phi) is 7.47. The highest BCUT2D eigenvalue weighted by atomic mass is 16.5. The minimum Gasteiger partial charge on any atom is -0.498 e. The van der Waals surface area contributed by atoms with Gasteiger partial charge in [0.1, 0.15) is 0 Å². The van der Waals surface area contributed by atoms with Gasteiger partial charge in [0, 0.05) is 0 Å². The summed E-state index contributed by atoms with van der Waals surface area (Å²) in [4.78, 5) is 0. The summed E-state index contributed by atoms with van der Waals surface area (Å²) in [7, 11) is 0. The van der Waals surface area contributed by atoms with Gasteiger partial charge in [0.2, 0.25) is 0 Å². The fraction of sp³-hybridized carbons (Fsp3) is 0.667. The van der Waals surface area contributed by atoms with Gasteiger partial charge in [-0.05, 0) is 32.8 Å². The predicted molar refractivity (Wildman–Crippen MR) is 58.7 cm³/mol. The standard InChI is InChI=1S/C12H22O/c1-5-7-8-9-10-11(3)12(4)13-6-2/h9-10H,5-8H2,1-4H3. The van der Waals surface area contributed by atoms with Crippen LogP contribution in [-0.4, -0.2) is 6.61 Å². The second-order valence-electron chi connectivity index (χ2n) is 3.22. The maximum atomic E-state index is 5.39. The van der Waals surface area contributed by atoms with Crippen molar-refractivity contribution in [1.82, 2.24) is 0 Å². The van der Waals surface area contributed by atoms with E-state index in [-0.39, 0.29) is 0 Å². The van der Waals surface area contributed by atoms with E-state index in [2.05, 4.69) is 26.0 Å². The first-order chi connectivity index (χ1) is 6.22. The average molecular weight is 182 g/mol. The molecule has 0 saturated carbocycles. The second kappa shape index (κ2) is 7.90. The van der Waals surface area contributed by atoms with Crippen molar-refractivity contribution < 1.29 is 4.74 Å². The van der Waals surface area contributed by atoms with Crippen molar-refractivity contribution in [3.63, 3.8) is 0 Å². The van der Waals surface area contributed by atoms with E-state index in [1.54, 1.807) is 0 Å². The lowest BCUT2D eigenvalue weighted by Gasteiger charge is -2.04. The van der Waals surface area contributed by atoms with Gasteiger partial charge in [0.15, 0.2) is 0 Å². The van der Waals surface area contributed by atoms with Crippen LogP contribution in [0.4, 0.5) is 0 Å². The predicted octanol–water partition coefficient (Wildman–Crippen LogP) is 4.06. The summed E-state index contributed by atoms with van der Waals surface area (Å²) < 4.78 is 5.39. The summed E-state index contributed by atoms with van der Waals surface area (Å²) in [6, 6.07) is 0. The zero-order chi connectivity index (χ0) is 10.1. The number of hydrogen-bond donors (Lipinski definition) is 0. The van der Waals surface area contributed by atoms with E-state index in [0.717, 1.165) is 12.4 Å². The first kappa shape index (κ1) is 12.3. The summed E-state index contributed by atoms with van der Waals surface area (Å²) in [6.07, 6.45) is 8.09. The molecule has 13 heavy (non-hydrogen) atoms. The van der Waals surface area contributed by atoms with Gasteiger partial charge in [0.05, 0.1) is 12.4 Å². The third kappa shape index (κ3) is 6.44. The SMILES string of the molecule is CCCCC=CC(C)=C(C)OCC. The fourth-order valence-electron chi connectivity index (χ4n) is 1.03. The lowest BCUT2D eigenvalue weighted by atomic mass is 10.2. The number of allylic oxidation sites excluding steroid dienone is 4. The van der Waals surface area contributed by atoms with Gasteiger partial charge in [-0.15, -0.1) is 0 Å². The summed E-state index contributed by atoms with van der Waals surface area (Å²) in [5, 5.41) is 0. The lowest BCUT2D eigenvalue weighted by Crippen LogP contribution is -1.89. The van der Waals surface area contributed by atoms with Crippen LogP contribution in [0.25, 0.3) is 0 Å². The van der Waals surface area contributed by atoms with E-state index in [4.69, 9.17) is 4.74 Å². The Morgan fingerprint density at radius 2 is 1.92 bits per heavy atom. The molecule has 0 fully saturated rings. The van der Waals surface area contributed by atoms with E-state index in [9.17, 15) is 0 Å². The molecule has 0 aromatic carbocycles. The van der Waals surface area contributed by atoms with Gasteiger partial charge >= 0.3 is 0 Å². The molecule has 0 aliphatic heterocycles. The molecule has 0 spiro atoms. The molecule has 1 heteroatoms. The van der Waals surface area contributed by atoms with Gasteiger partial charge in [-0.1, -0.05) is 31.9 Å². The molecule has 0 amide bonds. The molecular formula is C12H22O. The zero-order valence-corrected chi connectivity index (χ0v) is 9.39. The van der Waals surface area contributed by atoms with Crippen molar-refractivity contribution >= 4 is 0 Å². The summed E-state index contributed by atoms with van der Waals surface area (Å²) in [5.41, 5.74) is 1.23. The van der Waals surface area contributed by atoms with E-state index >= 15 is 0 Å². The first-order valence-electron chi connectivity index (χ1n) is 5.19. The summed E-state index contributed by atoms with van der Waals surface area (Å²) >= 11 is 0. The van der Waals surface area contributed by atoms with Crippen LogP contribution in [0.2, 0.25) is 0 Å². The molecule has 0 radical (unpaired) electrons. The summed E-state index contributed by atoms with van der Waals surface area (Å²) in [5.74, 6) is 1.04. The maximum absolute atomic E-state index is 5.39. The van der Waals surface area contributed by atoms with Crippen LogP contribution in [-0.2, 0) is 4.74 Å². The number of rotatable bonds is 6. The van der Waals surface area contributed by atoms with Crippen molar-refractivity contribution in [2.45, 2.75) is 47.0 Å². The molecule has 0 unspecified atom stereocenters. The quantitative estimate of drug-likeness (QED) is 0.342. The number of ether oxygens (including phenoxy) is 1. The smallest absolute Gasteiger partial charge is 0.0957 e. The Morgan fingerprint density at radius 1 is 1.23 bits per heavy atom. The van der Waals surface area contributed by atoms with Crippen LogP contribution in [0.5, 0.6) is 0 Å².